The number of nitrogens with zero attached hydrogens (tertiary/aromatic N) is 4. The number of rotatable bonds is 10. The molecule has 254 valence electrons. The Labute approximate surface area is 280 Å². The van der Waals surface area contributed by atoms with Crippen molar-refractivity contribution in [2.45, 2.75) is 12.6 Å². The molecule has 0 spiro atoms. The van der Waals surface area contributed by atoms with E-state index in [1.165, 1.54) is 31.4 Å². The Bertz CT molecular complexity index is 2160. The number of nitrogens with two attached hydrogens (primary N) is 4. The molecule has 0 unspecified atom stereocenters. The summed E-state index contributed by atoms with van der Waals surface area (Å²) in [5.74, 6) is -5.88. The van der Waals surface area contributed by atoms with Crippen molar-refractivity contribution in [2.24, 2.45) is 17.2 Å². The number of amides is 3. The van der Waals surface area contributed by atoms with E-state index in [0.717, 1.165) is 16.1 Å². The van der Waals surface area contributed by atoms with Crippen molar-refractivity contribution in [2.75, 3.05) is 18.2 Å². The summed E-state index contributed by atoms with van der Waals surface area (Å²) in [5.41, 5.74) is 21.4. The Morgan fingerprint density at radius 2 is 1.65 bits per heavy atom. The largest absolute Gasteiger partial charge is 0.477 e. The summed E-state index contributed by atoms with van der Waals surface area (Å²) >= 11 is 0. The van der Waals surface area contributed by atoms with Crippen LogP contribution in [0.1, 0.15) is 59.1 Å². The second-order valence-corrected chi connectivity index (χ2v) is 9.74. The highest BCUT2D eigenvalue weighted by Crippen LogP contribution is 2.19. The van der Waals surface area contributed by atoms with Crippen molar-refractivity contribution in [1.29, 1.82) is 0 Å². The molecule has 0 fully saturated rings. The number of carboxylic acid groups (broad SMARTS) is 1. The highest BCUT2D eigenvalue weighted by Gasteiger charge is 2.25. The first-order valence-corrected chi connectivity index (χ1v) is 13.5. The Hall–Kier alpha value is -6.73. The molecular weight excluding hydrogens is 668 g/mol. The molecule has 0 bridgehead atoms. The monoisotopic (exact) mass is 694 g/mol. The first kappa shape index (κ1) is 36.7. The molecule has 1 atom stereocenters. The first-order chi connectivity index (χ1) is 22.7. The fraction of sp³-hybridized carbons (Fsp3) is 0.103. The third-order valence-corrected chi connectivity index (χ3v) is 6.59. The lowest BCUT2D eigenvalue weighted by Crippen LogP contribution is -2.38. The van der Waals surface area contributed by atoms with Gasteiger partial charge in [-0.3, -0.25) is 24.0 Å². The van der Waals surface area contributed by atoms with Crippen molar-refractivity contribution in [3.63, 3.8) is 0 Å². The number of ether oxygens (including phenoxy) is 1. The summed E-state index contributed by atoms with van der Waals surface area (Å²) in [7, 11) is 1.21. The van der Waals surface area contributed by atoms with Crippen molar-refractivity contribution >= 4 is 64.9 Å². The zero-order valence-corrected chi connectivity index (χ0v) is 26.0. The molecule has 19 nitrogen and oxygen atoms in total. The fourth-order valence-corrected chi connectivity index (χ4v) is 4.15. The predicted octanol–water partition coefficient (Wildman–Crippen LogP) is -0.847. The fourth-order valence-electron chi connectivity index (χ4n) is 4.15. The van der Waals surface area contributed by atoms with Gasteiger partial charge in [0, 0.05) is 18.3 Å². The van der Waals surface area contributed by atoms with Gasteiger partial charge in [-0.05, 0) is 35.4 Å². The van der Waals surface area contributed by atoms with Gasteiger partial charge in [-0.1, -0.05) is 24.3 Å². The minimum absolute atomic E-state index is 0. The van der Waals surface area contributed by atoms with Crippen LogP contribution in [0, 0.1) is 0 Å². The van der Waals surface area contributed by atoms with Crippen LogP contribution in [0.2, 0.25) is 0 Å². The number of carboxylic acids is 1. The number of anilines is 3. The maximum atomic E-state index is 12.7. The number of hydrogen-bond acceptors (Lipinski definition) is 14. The second kappa shape index (κ2) is 15.2. The molecule has 0 aliphatic carbocycles. The highest BCUT2D eigenvalue weighted by atomic mass is 35.5. The number of carbonyl (C=O) groups is 5. The number of benzene rings is 2. The molecular formula is C29H27ClN10O9. The van der Waals surface area contributed by atoms with Crippen LogP contribution in [0.5, 0.6) is 0 Å². The smallest absolute Gasteiger partial charge is 0.354 e. The molecule has 49 heavy (non-hydrogen) atoms. The highest BCUT2D eigenvalue weighted by molar-refractivity contribution is 5.99. The van der Waals surface area contributed by atoms with E-state index in [-0.39, 0.29) is 40.7 Å². The molecule has 0 radical (unpaired) electrons. The van der Waals surface area contributed by atoms with Crippen molar-refractivity contribution in [3.8, 4) is 0 Å². The molecule has 0 saturated carbocycles. The van der Waals surface area contributed by atoms with E-state index >= 15 is 0 Å². The van der Waals surface area contributed by atoms with Crippen LogP contribution in [0.4, 0.5) is 17.1 Å². The van der Waals surface area contributed by atoms with Crippen molar-refractivity contribution in [1.82, 2.24) is 24.9 Å². The summed E-state index contributed by atoms with van der Waals surface area (Å²) in [5, 5.41) is 18.2. The average molecular weight is 695 g/mol. The topological polar surface area (TPSA) is 320 Å². The van der Waals surface area contributed by atoms with Gasteiger partial charge in [0.1, 0.15) is 23.1 Å². The number of esters is 1. The van der Waals surface area contributed by atoms with E-state index in [4.69, 9.17) is 22.9 Å². The van der Waals surface area contributed by atoms with E-state index in [2.05, 4.69) is 30.4 Å². The summed E-state index contributed by atoms with van der Waals surface area (Å²) in [4.78, 5) is 88.6. The molecule has 2 aromatic heterocycles. The van der Waals surface area contributed by atoms with Crippen LogP contribution in [-0.4, -0.2) is 61.5 Å². The van der Waals surface area contributed by atoms with Gasteiger partial charge in [0.2, 0.25) is 11.7 Å². The quantitative estimate of drug-likeness (QED) is 0.0691. The lowest BCUT2D eigenvalue weighted by Gasteiger charge is -2.16. The minimum Gasteiger partial charge on any atom is -0.477 e. The molecule has 3 amide bonds. The van der Waals surface area contributed by atoms with Crippen LogP contribution in [0.25, 0.3) is 5.78 Å². The number of nitrogen functional groups attached to an aromatic ring is 1. The van der Waals surface area contributed by atoms with Crippen LogP contribution in [-0.2, 0) is 16.1 Å². The normalized spacial score (nSPS) is 11.0. The zero-order chi connectivity index (χ0) is 35.3. The minimum atomic E-state index is -1.49. The van der Waals surface area contributed by atoms with Crippen LogP contribution in [0.3, 0.4) is 0 Å². The third kappa shape index (κ3) is 7.99. The summed E-state index contributed by atoms with van der Waals surface area (Å²) in [6.45, 7) is 0.414. The van der Waals surface area contributed by atoms with Gasteiger partial charge >= 0.3 is 11.9 Å². The van der Waals surface area contributed by atoms with Gasteiger partial charge in [0.15, 0.2) is 5.69 Å². The standard InChI is InChI=1S/C18H15N7O7.C11H11N3O2.ClH/c1-32-17(31)8-4-2-7(3-5-8)11(12(19)26)22-15(28)9-6-10(16(29)30)25-18(21-9)23-14(24-25)13(20)27;12-5-6-2-1-3-7(4-6)14-9-8(13)10(15)11(9)16;/h2-6,11H,1H3,(H2,19,26)(H2,20,27)(H,22,28)(H,29,30);1-4,14H,5,12-13H2;1H/t11-;;/m1../s1. The average Bonchev–Trinajstić information content (AvgIpc) is 3.53. The maximum absolute atomic E-state index is 12.7. The second-order valence-electron chi connectivity index (χ2n) is 9.74. The molecule has 11 N–H and O–H groups in total. The Morgan fingerprint density at radius 1 is 0.980 bits per heavy atom. The zero-order valence-electron chi connectivity index (χ0n) is 25.2. The number of carbonyl (C=O) groups excluding carboxylic acids is 4. The number of methoxy groups -OCH3 is 1. The van der Waals surface area contributed by atoms with Crippen molar-refractivity contribution in [3.05, 3.63) is 109 Å². The van der Waals surface area contributed by atoms with E-state index in [1.54, 1.807) is 12.1 Å². The summed E-state index contributed by atoms with van der Waals surface area (Å²) < 4.78 is 5.32. The summed E-state index contributed by atoms with van der Waals surface area (Å²) in [6.07, 6.45) is 0. The van der Waals surface area contributed by atoms with Crippen molar-refractivity contribution < 1.29 is 33.8 Å². The molecule has 0 aliphatic rings. The van der Waals surface area contributed by atoms with Crippen LogP contribution >= 0.6 is 12.4 Å². The third-order valence-electron chi connectivity index (χ3n) is 6.59. The van der Waals surface area contributed by atoms with Gasteiger partial charge in [-0.25, -0.2) is 14.6 Å². The number of nitrogens with one attached hydrogen (secondary N) is 2. The van der Waals surface area contributed by atoms with E-state index < -0.39 is 63.8 Å². The number of primary amides is 2. The number of aromatic nitrogens is 4. The number of aromatic carboxylic acids is 1. The maximum Gasteiger partial charge on any atom is 0.354 e. The van der Waals surface area contributed by atoms with Crippen LogP contribution in [0.15, 0.2) is 64.2 Å². The van der Waals surface area contributed by atoms with Gasteiger partial charge in [-0.2, -0.15) is 9.50 Å². The van der Waals surface area contributed by atoms with E-state index in [0.29, 0.717) is 12.2 Å². The predicted molar refractivity (Wildman–Crippen MR) is 174 cm³/mol. The number of fused-ring (bicyclic) bond motifs is 1. The first-order valence-electron chi connectivity index (χ1n) is 13.5. The lowest BCUT2D eigenvalue weighted by molar-refractivity contribution is -0.120. The molecule has 3 aromatic carbocycles. The Kier molecular flexibility index (Phi) is 11.4. The number of hydrogen-bond donors (Lipinski definition) is 7. The lowest BCUT2D eigenvalue weighted by atomic mass is 10.0. The van der Waals surface area contributed by atoms with E-state index in [9.17, 15) is 38.7 Å². The molecule has 2 heterocycles. The molecule has 20 heteroatoms. The summed E-state index contributed by atoms with van der Waals surface area (Å²) in [6, 6.07) is 12.3. The Morgan fingerprint density at radius 3 is 2.20 bits per heavy atom. The molecule has 5 aromatic rings. The van der Waals surface area contributed by atoms with Gasteiger partial charge < -0.3 is 43.4 Å². The number of halogens is 1. The van der Waals surface area contributed by atoms with Gasteiger partial charge in [0.25, 0.3) is 28.4 Å². The molecule has 5 rings (SSSR count). The SMILES string of the molecule is COC(=O)c1ccc([C@@H](NC(=O)c2cc(C(=O)O)n3nc(C(N)=O)nc3n2)C(N)=O)cc1.Cl.NCc1cccc(Nc2c(N)c(=O)c2=O)c1. The van der Waals surface area contributed by atoms with Crippen LogP contribution < -0.4 is 44.4 Å². The Balaban J connectivity index is 0.000000321. The van der Waals surface area contributed by atoms with Gasteiger partial charge in [0.05, 0.1) is 12.7 Å². The molecule has 0 aliphatic heterocycles. The van der Waals surface area contributed by atoms with E-state index in [1.807, 2.05) is 12.1 Å². The molecule has 0 saturated heterocycles. The van der Waals surface area contributed by atoms with Gasteiger partial charge in [-0.15, -0.1) is 17.5 Å².